The number of benzene rings is 1. The summed E-state index contributed by atoms with van der Waals surface area (Å²) < 4.78 is 20.3. The van der Waals surface area contributed by atoms with E-state index in [0.29, 0.717) is 25.0 Å². The lowest BCUT2D eigenvalue weighted by Gasteiger charge is -2.33. The maximum Gasteiger partial charge on any atom is 0.320 e. The van der Waals surface area contributed by atoms with Crippen molar-refractivity contribution < 1.29 is 14.2 Å². The van der Waals surface area contributed by atoms with Crippen molar-refractivity contribution in [2.75, 3.05) is 44.9 Å². The first-order valence-corrected chi connectivity index (χ1v) is 14.7. The van der Waals surface area contributed by atoms with E-state index in [2.05, 4.69) is 34.4 Å². The largest absolute Gasteiger partial charge is 0.481 e. The summed E-state index contributed by atoms with van der Waals surface area (Å²) in [5.74, 6) is 0.648. The Labute approximate surface area is 230 Å². The van der Waals surface area contributed by atoms with Gasteiger partial charge >= 0.3 is 6.01 Å². The lowest BCUT2D eigenvalue weighted by Crippen LogP contribution is -2.43. The molecule has 3 saturated heterocycles. The highest BCUT2D eigenvalue weighted by Gasteiger charge is 2.45. The van der Waals surface area contributed by atoms with Crippen molar-refractivity contribution in [3.05, 3.63) is 34.6 Å². The van der Waals surface area contributed by atoms with Crippen molar-refractivity contribution in [1.82, 2.24) is 24.6 Å². The maximum atomic E-state index is 6.34. The minimum atomic E-state index is 0.0140. The fourth-order valence-electron chi connectivity index (χ4n) is 7.41. The molecule has 0 saturated carbocycles. The first-order valence-electron chi connectivity index (χ1n) is 14.7. The average molecular weight is 533 g/mol. The Morgan fingerprint density at radius 2 is 1.92 bits per heavy atom. The van der Waals surface area contributed by atoms with Crippen LogP contribution in [0, 0.1) is 13.8 Å². The first kappa shape index (κ1) is 25.1. The van der Waals surface area contributed by atoms with Gasteiger partial charge < -0.3 is 19.1 Å². The minimum Gasteiger partial charge on any atom is -0.481 e. The molecule has 0 N–H and O–H groups in total. The van der Waals surface area contributed by atoms with Gasteiger partial charge in [-0.05, 0) is 95.5 Å². The lowest BCUT2D eigenvalue weighted by atomic mass is 9.95. The quantitative estimate of drug-likeness (QED) is 0.451. The van der Waals surface area contributed by atoms with Crippen molar-refractivity contribution in [1.29, 1.82) is 0 Å². The highest BCUT2D eigenvalue weighted by atomic mass is 16.5. The van der Waals surface area contributed by atoms with Crippen LogP contribution >= 0.6 is 0 Å². The molecule has 39 heavy (non-hydrogen) atoms. The molecule has 0 spiro atoms. The third-order valence-electron chi connectivity index (χ3n) is 9.61. The molecule has 1 aromatic carbocycles. The van der Waals surface area contributed by atoms with Crippen molar-refractivity contribution in [3.8, 4) is 11.9 Å². The van der Waals surface area contributed by atoms with E-state index in [-0.39, 0.29) is 11.8 Å². The molecule has 2 aromatic heterocycles. The second-order valence-electron chi connectivity index (χ2n) is 11.8. The van der Waals surface area contributed by atoms with E-state index in [9.17, 15) is 0 Å². The third-order valence-corrected chi connectivity index (χ3v) is 9.61. The first-order chi connectivity index (χ1) is 19.1. The van der Waals surface area contributed by atoms with Crippen molar-refractivity contribution >= 4 is 16.6 Å². The van der Waals surface area contributed by atoms with E-state index < -0.39 is 0 Å². The molecule has 1 unspecified atom stereocenters. The highest BCUT2D eigenvalue weighted by molar-refractivity contribution is 5.95. The van der Waals surface area contributed by atoms with E-state index in [1.165, 1.54) is 67.4 Å². The average Bonchev–Trinajstić information content (AvgIpc) is 3.67. The Kier molecular flexibility index (Phi) is 6.39. The molecule has 0 aliphatic carbocycles. The summed E-state index contributed by atoms with van der Waals surface area (Å²) in [6.07, 6.45) is 11.1. The SMILES string of the molecule is COc1nc(OCC23CCCN2CCC3)nc2c1CCN(c1c(C)c(C)cc3c1cnn3C1CCCCO1)C2. The van der Waals surface area contributed by atoms with Gasteiger partial charge in [0.15, 0.2) is 6.23 Å². The molecule has 4 aliphatic heterocycles. The van der Waals surface area contributed by atoms with Crippen LogP contribution in [0.25, 0.3) is 10.9 Å². The van der Waals surface area contributed by atoms with Crippen molar-refractivity contribution in [2.24, 2.45) is 0 Å². The Hall–Kier alpha value is -2.91. The summed E-state index contributed by atoms with van der Waals surface area (Å²) in [6, 6.07) is 2.71. The molecule has 4 aliphatic rings. The zero-order valence-corrected chi connectivity index (χ0v) is 23.5. The number of methoxy groups -OCH3 is 1. The fraction of sp³-hybridized carbons (Fsp3) is 0.633. The number of nitrogens with zero attached hydrogens (tertiary/aromatic N) is 6. The number of rotatable bonds is 6. The van der Waals surface area contributed by atoms with Gasteiger partial charge in [-0.15, -0.1) is 0 Å². The number of aromatic nitrogens is 4. The number of hydrogen-bond donors (Lipinski definition) is 0. The zero-order valence-electron chi connectivity index (χ0n) is 23.5. The summed E-state index contributed by atoms with van der Waals surface area (Å²) >= 11 is 0. The van der Waals surface area contributed by atoms with E-state index >= 15 is 0 Å². The summed E-state index contributed by atoms with van der Waals surface area (Å²) in [6.45, 7) is 9.79. The second-order valence-corrected chi connectivity index (χ2v) is 11.8. The van der Waals surface area contributed by atoms with Crippen LogP contribution in [0.1, 0.15) is 73.6 Å². The monoisotopic (exact) mass is 532 g/mol. The predicted octanol–water partition coefficient (Wildman–Crippen LogP) is 4.72. The van der Waals surface area contributed by atoms with Gasteiger partial charge in [0.25, 0.3) is 0 Å². The second kappa shape index (κ2) is 9.93. The molecule has 9 nitrogen and oxygen atoms in total. The summed E-state index contributed by atoms with van der Waals surface area (Å²) in [5.41, 5.74) is 7.18. The molecule has 9 heteroatoms. The molecule has 3 fully saturated rings. The van der Waals surface area contributed by atoms with Gasteiger partial charge in [0.1, 0.15) is 6.61 Å². The normalized spacial score (nSPS) is 22.7. The van der Waals surface area contributed by atoms with Gasteiger partial charge in [-0.2, -0.15) is 15.1 Å². The smallest absolute Gasteiger partial charge is 0.320 e. The van der Waals surface area contributed by atoms with Crippen LogP contribution in [0.15, 0.2) is 12.3 Å². The Bertz CT molecular complexity index is 1370. The van der Waals surface area contributed by atoms with Gasteiger partial charge in [-0.25, -0.2) is 4.68 Å². The third kappa shape index (κ3) is 4.25. The van der Waals surface area contributed by atoms with Crippen LogP contribution in [0.4, 0.5) is 5.69 Å². The Balaban J connectivity index is 1.20. The van der Waals surface area contributed by atoms with Crippen molar-refractivity contribution in [2.45, 2.75) is 83.5 Å². The molecule has 3 aromatic rings. The predicted molar refractivity (Wildman–Crippen MR) is 150 cm³/mol. The number of anilines is 1. The minimum absolute atomic E-state index is 0.0140. The highest BCUT2D eigenvalue weighted by Crippen LogP contribution is 2.40. The van der Waals surface area contributed by atoms with Crippen LogP contribution in [0.5, 0.6) is 11.9 Å². The topological polar surface area (TPSA) is 77.8 Å². The van der Waals surface area contributed by atoms with Gasteiger partial charge in [-0.3, -0.25) is 4.90 Å². The molecule has 0 bridgehead atoms. The number of fused-ring (bicyclic) bond motifs is 3. The van der Waals surface area contributed by atoms with Crippen LogP contribution in [0.2, 0.25) is 0 Å². The van der Waals surface area contributed by atoms with E-state index in [1.807, 2.05) is 6.20 Å². The Morgan fingerprint density at radius 1 is 1.08 bits per heavy atom. The van der Waals surface area contributed by atoms with E-state index in [4.69, 9.17) is 29.3 Å². The van der Waals surface area contributed by atoms with E-state index in [1.54, 1.807) is 7.11 Å². The lowest BCUT2D eigenvalue weighted by molar-refractivity contribution is -0.0366. The van der Waals surface area contributed by atoms with Gasteiger partial charge in [-0.1, -0.05) is 0 Å². The molecular formula is C30H40N6O3. The molecule has 1 atom stereocenters. The maximum absolute atomic E-state index is 6.34. The van der Waals surface area contributed by atoms with Gasteiger partial charge in [0.2, 0.25) is 5.88 Å². The van der Waals surface area contributed by atoms with Crippen LogP contribution in [-0.4, -0.2) is 70.1 Å². The summed E-state index contributed by atoms with van der Waals surface area (Å²) in [7, 11) is 1.70. The number of aryl methyl sites for hydroxylation is 1. The number of ether oxygens (including phenoxy) is 3. The standard InChI is InChI=1S/C30H40N6O3/c1-20-16-25-23(17-31-36(25)26-8-4-5-15-38-26)27(21(20)2)34-14-9-22-24(18-34)32-29(33-28(22)37-3)39-19-30-10-6-12-35(30)13-7-11-30/h16-17,26H,4-15,18-19H2,1-3H3. The fourth-order valence-corrected chi connectivity index (χ4v) is 7.41. The molecular weight excluding hydrogens is 492 g/mol. The summed E-state index contributed by atoms with van der Waals surface area (Å²) in [5, 5.41) is 6.00. The van der Waals surface area contributed by atoms with Gasteiger partial charge in [0, 0.05) is 24.1 Å². The summed E-state index contributed by atoms with van der Waals surface area (Å²) in [4.78, 5) is 14.7. The zero-order chi connectivity index (χ0) is 26.6. The van der Waals surface area contributed by atoms with E-state index in [0.717, 1.165) is 49.2 Å². The van der Waals surface area contributed by atoms with Crippen LogP contribution < -0.4 is 14.4 Å². The van der Waals surface area contributed by atoms with Crippen molar-refractivity contribution in [3.63, 3.8) is 0 Å². The van der Waals surface area contributed by atoms with Crippen LogP contribution in [-0.2, 0) is 17.7 Å². The molecule has 0 radical (unpaired) electrons. The molecule has 6 heterocycles. The van der Waals surface area contributed by atoms with Crippen LogP contribution in [0.3, 0.4) is 0 Å². The molecule has 208 valence electrons. The number of hydrogen-bond acceptors (Lipinski definition) is 8. The molecule has 7 rings (SSSR count). The molecule has 0 amide bonds. The Morgan fingerprint density at radius 3 is 2.69 bits per heavy atom. The van der Waals surface area contributed by atoms with Gasteiger partial charge in [0.05, 0.1) is 42.3 Å².